The maximum atomic E-state index is 13.6. The zero-order valence-corrected chi connectivity index (χ0v) is 19.5. The quantitative estimate of drug-likeness (QED) is 0.580. The zero-order valence-electron chi connectivity index (χ0n) is 19.5. The van der Waals surface area contributed by atoms with E-state index in [1.807, 2.05) is 18.1 Å². The summed E-state index contributed by atoms with van der Waals surface area (Å²) < 4.78 is 36.3. The van der Waals surface area contributed by atoms with Crippen LogP contribution in [0, 0.1) is 12.3 Å². The van der Waals surface area contributed by atoms with E-state index in [9.17, 15) is 13.6 Å². The Hall–Kier alpha value is -2.95. The molecule has 11 heteroatoms. The first-order chi connectivity index (χ1) is 16.1. The number of anilines is 1. The third-order valence-corrected chi connectivity index (χ3v) is 7.62. The molecule has 0 bridgehead atoms. The topological polar surface area (TPSA) is 91.0 Å². The van der Waals surface area contributed by atoms with Gasteiger partial charge < -0.3 is 9.64 Å². The number of morpholine rings is 1. The van der Waals surface area contributed by atoms with Gasteiger partial charge in [0.1, 0.15) is 17.4 Å². The predicted molar refractivity (Wildman–Crippen MR) is 120 cm³/mol. The smallest absolute Gasteiger partial charge is 0.279 e. The summed E-state index contributed by atoms with van der Waals surface area (Å²) in [7, 11) is 3.53. The summed E-state index contributed by atoms with van der Waals surface area (Å²) >= 11 is 0. The van der Waals surface area contributed by atoms with Crippen LogP contribution in [0.2, 0.25) is 0 Å². The van der Waals surface area contributed by atoms with Crippen molar-refractivity contribution in [2.24, 2.45) is 19.5 Å². The van der Waals surface area contributed by atoms with Crippen LogP contribution in [0.15, 0.2) is 17.2 Å². The lowest BCUT2D eigenvalue weighted by Gasteiger charge is -2.57. The van der Waals surface area contributed by atoms with Gasteiger partial charge in [0.25, 0.3) is 5.56 Å². The van der Waals surface area contributed by atoms with Gasteiger partial charge in [-0.1, -0.05) is 0 Å². The molecule has 1 aliphatic heterocycles. The molecule has 0 amide bonds. The Labute approximate surface area is 194 Å². The summed E-state index contributed by atoms with van der Waals surface area (Å²) in [4.78, 5) is 29.3. The standard InChI is InChI=1S/C23H27F2N7O2/c1-13-27-18-17(14-6-22(7-14)11-23(24,25)12-22)28-21(29-19(18)20(33)31(13)3)32-4-5-34-16(10-32)15-8-26-30(2)9-15/h8-9,14,16H,4-7,10-12H2,1-3H3/t16-/m0/s1. The number of ether oxygens (including phenoxy) is 1. The lowest BCUT2D eigenvalue weighted by molar-refractivity contribution is -0.196. The molecule has 0 unspecified atom stereocenters. The SMILES string of the molecule is Cc1nc2c(C3CC4(C3)CC(F)(F)C4)nc(N3CCO[C@H](c4cnn(C)c4)C3)nc2c(=O)n1C. The van der Waals surface area contributed by atoms with Crippen molar-refractivity contribution in [3.8, 4) is 0 Å². The fourth-order valence-corrected chi connectivity index (χ4v) is 5.84. The van der Waals surface area contributed by atoms with Crippen LogP contribution in [-0.2, 0) is 18.8 Å². The molecule has 6 rings (SSSR count). The van der Waals surface area contributed by atoms with Crippen LogP contribution in [0.25, 0.3) is 11.0 Å². The lowest BCUT2D eigenvalue weighted by Crippen LogP contribution is -2.53. The van der Waals surface area contributed by atoms with E-state index in [1.165, 1.54) is 4.57 Å². The maximum Gasteiger partial charge on any atom is 0.279 e. The van der Waals surface area contributed by atoms with Crippen molar-refractivity contribution in [3.63, 3.8) is 0 Å². The normalized spacial score (nSPS) is 23.8. The third kappa shape index (κ3) is 3.40. The van der Waals surface area contributed by atoms with Gasteiger partial charge in [-0.25, -0.2) is 23.7 Å². The van der Waals surface area contributed by atoms with E-state index in [4.69, 9.17) is 9.72 Å². The van der Waals surface area contributed by atoms with E-state index in [2.05, 4.69) is 15.1 Å². The summed E-state index contributed by atoms with van der Waals surface area (Å²) in [5.41, 5.74) is 1.91. The minimum Gasteiger partial charge on any atom is -0.370 e. The molecule has 1 atom stereocenters. The van der Waals surface area contributed by atoms with Crippen LogP contribution >= 0.6 is 0 Å². The monoisotopic (exact) mass is 471 g/mol. The van der Waals surface area contributed by atoms with Crippen LogP contribution in [0.1, 0.15) is 54.8 Å². The van der Waals surface area contributed by atoms with Crippen molar-refractivity contribution in [2.75, 3.05) is 24.6 Å². The summed E-state index contributed by atoms with van der Waals surface area (Å²) in [5, 5.41) is 4.23. The second-order valence-electron chi connectivity index (χ2n) is 10.2. The van der Waals surface area contributed by atoms with Gasteiger partial charge in [-0.3, -0.25) is 14.0 Å². The molecular weight excluding hydrogens is 444 g/mol. The zero-order chi connectivity index (χ0) is 23.8. The Morgan fingerprint density at radius 2 is 1.88 bits per heavy atom. The number of alkyl halides is 2. The summed E-state index contributed by atoms with van der Waals surface area (Å²) in [6.45, 7) is 3.37. The van der Waals surface area contributed by atoms with Crippen LogP contribution < -0.4 is 10.5 Å². The number of hydrogen-bond donors (Lipinski definition) is 0. The number of nitrogens with zero attached hydrogens (tertiary/aromatic N) is 7. The number of halogens is 2. The van der Waals surface area contributed by atoms with Crippen LogP contribution in [0.3, 0.4) is 0 Å². The van der Waals surface area contributed by atoms with E-state index in [0.717, 1.165) is 5.56 Å². The van der Waals surface area contributed by atoms with Gasteiger partial charge in [-0.2, -0.15) is 5.10 Å². The second-order valence-corrected chi connectivity index (χ2v) is 10.2. The Morgan fingerprint density at radius 3 is 2.56 bits per heavy atom. The van der Waals surface area contributed by atoms with Gasteiger partial charge in [0, 0.05) is 51.2 Å². The van der Waals surface area contributed by atoms with Crippen molar-refractivity contribution in [2.45, 2.75) is 50.6 Å². The van der Waals surface area contributed by atoms with Crippen LogP contribution in [0.4, 0.5) is 14.7 Å². The number of hydrogen-bond acceptors (Lipinski definition) is 7. The molecule has 1 saturated heterocycles. The van der Waals surface area contributed by atoms with Gasteiger partial charge in [-0.15, -0.1) is 0 Å². The maximum absolute atomic E-state index is 13.6. The first-order valence-corrected chi connectivity index (χ1v) is 11.6. The Bertz CT molecular complexity index is 1340. The van der Waals surface area contributed by atoms with E-state index < -0.39 is 5.92 Å². The van der Waals surface area contributed by atoms with Gasteiger partial charge in [0.2, 0.25) is 11.9 Å². The molecule has 3 fully saturated rings. The molecule has 3 aromatic rings. The summed E-state index contributed by atoms with van der Waals surface area (Å²) in [6.07, 6.45) is 4.69. The van der Waals surface area contributed by atoms with E-state index in [-0.39, 0.29) is 41.4 Å². The van der Waals surface area contributed by atoms with Gasteiger partial charge in [-0.05, 0) is 25.2 Å². The first kappa shape index (κ1) is 21.6. The Balaban J connectivity index is 1.38. The van der Waals surface area contributed by atoms with Crippen molar-refractivity contribution in [1.82, 2.24) is 29.3 Å². The molecule has 34 heavy (non-hydrogen) atoms. The lowest BCUT2D eigenvalue weighted by atomic mass is 9.49. The molecule has 3 aliphatic rings. The van der Waals surface area contributed by atoms with Crippen LogP contribution in [0.5, 0.6) is 0 Å². The van der Waals surface area contributed by atoms with Gasteiger partial charge >= 0.3 is 0 Å². The molecular formula is C23H27F2N7O2. The van der Waals surface area contributed by atoms with E-state index in [0.29, 0.717) is 55.5 Å². The Kier molecular flexibility index (Phi) is 4.61. The van der Waals surface area contributed by atoms with Crippen molar-refractivity contribution >= 4 is 17.0 Å². The molecule has 0 aromatic carbocycles. The van der Waals surface area contributed by atoms with E-state index in [1.54, 1.807) is 24.9 Å². The van der Waals surface area contributed by atoms with Crippen molar-refractivity contribution in [1.29, 1.82) is 0 Å². The molecule has 2 aliphatic carbocycles. The number of fused-ring (bicyclic) bond motifs is 1. The predicted octanol–water partition coefficient (Wildman–Crippen LogP) is 2.64. The molecule has 1 spiro atoms. The summed E-state index contributed by atoms with van der Waals surface area (Å²) in [6, 6.07) is 0. The number of rotatable bonds is 3. The Morgan fingerprint density at radius 1 is 1.12 bits per heavy atom. The highest BCUT2D eigenvalue weighted by Crippen LogP contribution is 2.67. The summed E-state index contributed by atoms with van der Waals surface area (Å²) in [5.74, 6) is -1.52. The molecule has 180 valence electrons. The fraction of sp³-hybridized carbons (Fsp3) is 0.609. The number of aromatic nitrogens is 6. The minimum absolute atomic E-state index is 0.00508. The molecule has 0 radical (unpaired) electrons. The van der Waals surface area contributed by atoms with Gasteiger partial charge in [0.15, 0.2) is 5.52 Å². The van der Waals surface area contributed by atoms with Crippen LogP contribution in [-0.4, -0.2) is 54.9 Å². The highest BCUT2D eigenvalue weighted by Gasteiger charge is 2.62. The largest absolute Gasteiger partial charge is 0.370 e. The molecule has 2 saturated carbocycles. The number of aryl methyl sites for hydroxylation is 2. The second kappa shape index (κ2) is 7.27. The van der Waals surface area contributed by atoms with Gasteiger partial charge in [0.05, 0.1) is 25.0 Å². The first-order valence-electron chi connectivity index (χ1n) is 11.6. The molecule has 0 N–H and O–H groups in total. The third-order valence-electron chi connectivity index (χ3n) is 7.62. The molecule has 4 heterocycles. The average molecular weight is 472 g/mol. The van der Waals surface area contributed by atoms with Crippen molar-refractivity contribution < 1.29 is 13.5 Å². The van der Waals surface area contributed by atoms with Crippen molar-refractivity contribution in [3.05, 3.63) is 39.8 Å². The minimum atomic E-state index is -2.55. The molecule has 3 aromatic heterocycles. The highest BCUT2D eigenvalue weighted by molar-refractivity contribution is 5.78. The highest BCUT2D eigenvalue weighted by atomic mass is 19.3. The average Bonchev–Trinajstić information content (AvgIpc) is 3.20. The molecule has 9 nitrogen and oxygen atoms in total. The van der Waals surface area contributed by atoms with E-state index >= 15 is 0 Å². The fourth-order valence-electron chi connectivity index (χ4n) is 5.84.